The molecule has 2 rings (SSSR count). The van der Waals surface area contributed by atoms with Crippen LogP contribution < -0.4 is 10.0 Å². The van der Waals surface area contributed by atoms with Crippen molar-refractivity contribution in [2.24, 2.45) is 0 Å². The van der Waals surface area contributed by atoms with Crippen LogP contribution in [0.3, 0.4) is 0 Å². The van der Waals surface area contributed by atoms with Crippen LogP contribution in [0.5, 0.6) is 0 Å². The average molecular weight is 336 g/mol. The Hall–Kier alpha value is -1.76. The summed E-state index contributed by atoms with van der Waals surface area (Å²) in [6, 6.07) is 12.9. The van der Waals surface area contributed by atoms with Crippen molar-refractivity contribution in [1.29, 1.82) is 0 Å². The number of rotatable bonds is 8. The summed E-state index contributed by atoms with van der Waals surface area (Å²) in [6.45, 7) is 3.87. The van der Waals surface area contributed by atoms with Gasteiger partial charge in [-0.1, -0.05) is 31.2 Å². The van der Waals surface area contributed by atoms with Gasteiger partial charge >= 0.3 is 0 Å². The maximum Gasteiger partial charge on any atom is 0.240 e. The lowest BCUT2D eigenvalue weighted by atomic mass is 10.1. The maximum absolute atomic E-state index is 12.8. The largest absolute Gasteiger partial charge is 0.313 e. The molecule has 2 aromatic rings. The first-order chi connectivity index (χ1) is 11.0. The van der Waals surface area contributed by atoms with Gasteiger partial charge in [0, 0.05) is 13.1 Å². The van der Waals surface area contributed by atoms with E-state index >= 15 is 0 Å². The highest BCUT2D eigenvalue weighted by Crippen LogP contribution is 2.11. The molecule has 0 unspecified atom stereocenters. The van der Waals surface area contributed by atoms with Gasteiger partial charge in [0.1, 0.15) is 5.82 Å². The summed E-state index contributed by atoms with van der Waals surface area (Å²) in [4.78, 5) is 0.247. The van der Waals surface area contributed by atoms with E-state index in [1.54, 1.807) is 36.4 Å². The van der Waals surface area contributed by atoms with Gasteiger partial charge in [0.05, 0.1) is 4.90 Å². The van der Waals surface area contributed by atoms with E-state index in [0.29, 0.717) is 6.42 Å². The molecule has 0 radical (unpaired) electrons. The molecule has 0 aliphatic carbocycles. The Kier molecular flexibility index (Phi) is 6.27. The summed E-state index contributed by atoms with van der Waals surface area (Å²) in [5.74, 6) is -0.299. The molecule has 0 saturated carbocycles. The van der Waals surface area contributed by atoms with Crippen LogP contribution in [0.25, 0.3) is 0 Å². The third-order valence-electron chi connectivity index (χ3n) is 3.43. The second kappa shape index (κ2) is 8.19. The molecule has 2 N–H and O–H groups in total. The zero-order valence-electron chi connectivity index (χ0n) is 13.0. The smallest absolute Gasteiger partial charge is 0.240 e. The second-order valence-corrected chi connectivity index (χ2v) is 6.97. The van der Waals surface area contributed by atoms with E-state index in [4.69, 9.17) is 0 Å². The van der Waals surface area contributed by atoms with Gasteiger partial charge in [0.15, 0.2) is 0 Å². The summed E-state index contributed by atoms with van der Waals surface area (Å²) in [6.07, 6.45) is 0.512. The molecule has 0 aromatic heterocycles. The Morgan fingerprint density at radius 2 is 1.57 bits per heavy atom. The summed E-state index contributed by atoms with van der Waals surface area (Å²) in [5.41, 5.74) is 1.92. The molecule has 0 fully saturated rings. The van der Waals surface area contributed by atoms with E-state index in [-0.39, 0.29) is 17.3 Å². The van der Waals surface area contributed by atoms with Crippen LogP contribution in [0.1, 0.15) is 18.1 Å². The van der Waals surface area contributed by atoms with E-state index in [1.165, 1.54) is 12.1 Å². The molecule has 0 spiro atoms. The predicted octanol–water partition coefficient (Wildman–Crippen LogP) is 2.46. The number of hydrogen-bond acceptors (Lipinski definition) is 3. The highest BCUT2D eigenvalue weighted by molar-refractivity contribution is 7.89. The molecule has 6 heteroatoms. The third kappa shape index (κ3) is 5.42. The Morgan fingerprint density at radius 3 is 2.17 bits per heavy atom. The molecule has 0 saturated heterocycles. The Labute approximate surface area is 136 Å². The van der Waals surface area contributed by atoms with Crippen LogP contribution in [0.4, 0.5) is 4.39 Å². The van der Waals surface area contributed by atoms with Gasteiger partial charge in [-0.05, 0) is 48.4 Å². The van der Waals surface area contributed by atoms with Crippen LogP contribution in [-0.2, 0) is 23.0 Å². The first kappa shape index (κ1) is 17.6. The fourth-order valence-corrected chi connectivity index (χ4v) is 3.15. The van der Waals surface area contributed by atoms with Gasteiger partial charge in [0.25, 0.3) is 0 Å². The van der Waals surface area contributed by atoms with Crippen molar-refractivity contribution in [3.05, 3.63) is 65.5 Å². The summed E-state index contributed by atoms with van der Waals surface area (Å²) in [5, 5.41) is 3.19. The van der Waals surface area contributed by atoms with Gasteiger partial charge < -0.3 is 5.32 Å². The highest BCUT2D eigenvalue weighted by atomic mass is 32.2. The SMILES string of the molecule is CCNCc1ccc(S(=O)(=O)NCCc2ccc(F)cc2)cc1. The molecule has 4 nitrogen and oxygen atoms in total. The van der Waals surface area contributed by atoms with Gasteiger partial charge in [0.2, 0.25) is 10.0 Å². The monoisotopic (exact) mass is 336 g/mol. The fourth-order valence-electron chi connectivity index (χ4n) is 2.12. The average Bonchev–Trinajstić information content (AvgIpc) is 2.55. The Bertz CT molecular complexity index is 713. The number of nitrogens with one attached hydrogen (secondary N) is 2. The molecule has 0 aliphatic heterocycles. The molecule has 0 heterocycles. The molecular formula is C17H21FN2O2S. The lowest BCUT2D eigenvalue weighted by molar-refractivity contribution is 0.581. The minimum absolute atomic E-state index is 0.247. The van der Waals surface area contributed by atoms with Crippen molar-refractivity contribution in [2.75, 3.05) is 13.1 Å². The molecule has 0 aliphatic rings. The van der Waals surface area contributed by atoms with Crippen LogP contribution in [0, 0.1) is 5.82 Å². The summed E-state index contributed by atoms with van der Waals surface area (Å²) in [7, 11) is -3.52. The number of sulfonamides is 1. The molecule has 124 valence electrons. The molecule has 2 aromatic carbocycles. The quantitative estimate of drug-likeness (QED) is 0.778. The minimum Gasteiger partial charge on any atom is -0.313 e. The van der Waals surface area contributed by atoms with Crippen molar-refractivity contribution in [3.63, 3.8) is 0 Å². The standard InChI is InChI=1S/C17H21FN2O2S/c1-2-19-13-15-5-9-17(10-6-15)23(21,22)20-12-11-14-3-7-16(18)8-4-14/h3-10,19-20H,2,11-13H2,1H3. The zero-order valence-corrected chi connectivity index (χ0v) is 13.9. The summed E-state index contributed by atoms with van der Waals surface area (Å²) >= 11 is 0. The predicted molar refractivity (Wildman–Crippen MR) is 89.1 cm³/mol. The van der Waals surface area contributed by atoms with Crippen LogP contribution in [0.15, 0.2) is 53.4 Å². The van der Waals surface area contributed by atoms with Crippen molar-refractivity contribution < 1.29 is 12.8 Å². The molecule has 23 heavy (non-hydrogen) atoms. The van der Waals surface area contributed by atoms with Crippen molar-refractivity contribution in [3.8, 4) is 0 Å². The second-order valence-electron chi connectivity index (χ2n) is 5.20. The summed E-state index contributed by atoms with van der Waals surface area (Å²) < 4.78 is 39.8. The molecular weight excluding hydrogens is 315 g/mol. The van der Waals surface area contributed by atoms with Crippen molar-refractivity contribution in [1.82, 2.24) is 10.0 Å². The third-order valence-corrected chi connectivity index (χ3v) is 4.91. The van der Waals surface area contributed by atoms with E-state index in [2.05, 4.69) is 10.0 Å². The Balaban J connectivity index is 1.91. The van der Waals surface area contributed by atoms with Crippen LogP contribution >= 0.6 is 0 Å². The first-order valence-electron chi connectivity index (χ1n) is 7.55. The molecule has 0 atom stereocenters. The van der Waals surface area contributed by atoms with E-state index < -0.39 is 10.0 Å². The van der Waals surface area contributed by atoms with Crippen molar-refractivity contribution >= 4 is 10.0 Å². The van der Waals surface area contributed by atoms with Crippen LogP contribution in [-0.4, -0.2) is 21.5 Å². The van der Waals surface area contributed by atoms with E-state index in [9.17, 15) is 12.8 Å². The highest BCUT2D eigenvalue weighted by Gasteiger charge is 2.13. The van der Waals surface area contributed by atoms with Crippen molar-refractivity contribution in [2.45, 2.75) is 24.8 Å². The Morgan fingerprint density at radius 1 is 0.957 bits per heavy atom. The van der Waals surface area contributed by atoms with Gasteiger partial charge in [-0.2, -0.15) is 0 Å². The lowest BCUT2D eigenvalue weighted by Crippen LogP contribution is -2.26. The number of halogens is 1. The number of hydrogen-bond donors (Lipinski definition) is 2. The lowest BCUT2D eigenvalue weighted by Gasteiger charge is -2.08. The van der Waals surface area contributed by atoms with Crippen LogP contribution in [0.2, 0.25) is 0 Å². The van der Waals surface area contributed by atoms with Gasteiger partial charge in [-0.3, -0.25) is 0 Å². The normalized spacial score (nSPS) is 11.6. The van der Waals surface area contributed by atoms with E-state index in [1.807, 2.05) is 6.92 Å². The molecule has 0 bridgehead atoms. The zero-order chi connectivity index (χ0) is 16.7. The topological polar surface area (TPSA) is 58.2 Å². The first-order valence-corrected chi connectivity index (χ1v) is 9.03. The van der Waals surface area contributed by atoms with E-state index in [0.717, 1.165) is 24.2 Å². The minimum atomic E-state index is -3.52. The molecule has 0 amide bonds. The number of benzene rings is 2. The van der Waals surface area contributed by atoms with Gasteiger partial charge in [-0.15, -0.1) is 0 Å². The maximum atomic E-state index is 12.8. The fraction of sp³-hybridized carbons (Fsp3) is 0.294. The van der Waals surface area contributed by atoms with Gasteiger partial charge in [-0.25, -0.2) is 17.5 Å².